The number of piperidine rings is 1. The molecule has 2 fully saturated rings. The molecule has 2 aliphatic rings. The number of hydrogen-bond donors (Lipinski definition) is 2. The molecule has 0 unspecified atom stereocenters. The third-order valence-electron chi connectivity index (χ3n) is 5.67. The van der Waals surface area contributed by atoms with E-state index in [1.54, 1.807) is 12.1 Å². The number of benzene rings is 1. The summed E-state index contributed by atoms with van der Waals surface area (Å²) >= 11 is 2.03. The number of guanidine groups is 1. The lowest BCUT2D eigenvalue weighted by Gasteiger charge is -2.38. The molecular formula is C21H33FN4OS. The van der Waals surface area contributed by atoms with Crippen molar-refractivity contribution in [3.63, 3.8) is 0 Å². The van der Waals surface area contributed by atoms with Gasteiger partial charge in [-0.25, -0.2) is 4.39 Å². The maximum Gasteiger partial charge on any atom is 0.191 e. The van der Waals surface area contributed by atoms with Gasteiger partial charge in [0, 0.05) is 56.4 Å². The number of halogens is 1. The summed E-state index contributed by atoms with van der Waals surface area (Å²) in [6, 6.07) is 7.26. The maximum atomic E-state index is 13.5. The normalized spacial score (nSPS) is 20.8. The lowest BCUT2D eigenvalue weighted by molar-refractivity contribution is 0.0782. The molecule has 0 aromatic heterocycles. The van der Waals surface area contributed by atoms with E-state index in [1.807, 2.05) is 24.9 Å². The topological polar surface area (TPSA) is 48.9 Å². The van der Waals surface area contributed by atoms with Gasteiger partial charge in [-0.3, -0.25) is 4.99 Å². The average Bonchev–Trinajstić information content (AvgIpc) is 2.72. The Hall–Kier alpha value is -1.47. The molecule has 2 heterocycles. The molecular weight excluding hydrogens is 375 g/mol. The van der Waals surface area contributed by atoms with Gasteiger partial charge in [0.1, 0.15) is 5.82 Å². The van der Waals surface area contributed by atoms with Crippen molar-refractivity contribution < 1.29 is 9.13 Å². The molecule has 3 rings (SSSR count). The fraction of sp³-hybridized carbons (Fsp3) is 0.667. The second-order valence-electron chi connectivity index (χ2n) is 7.54. The van der Waals surface area contributed by atoms with Crippen LogP contribution in [-0.4, -0.2) is 62.4 Å². The van der Waals surface area contributed by atoms with E-state index in [1.165, 1.54) is 6.07 Å². The number of hydrogen-bond acceptors (Lipinski definition) is 4. The molecule has 0 radical (unpaired) electrons. The van der Waals surface area contributed by atoms with Crippen LogP contribution in [0.2, 0.25) is 0 Å². The van der Waals surface area contributed by atoms with Crippen molar-refractivity contribution in [3.05, 3.63) is 30.1 Å². The van der Waals surface area contributed by atoms with Crippen LogP contribution in [0.5, 0.6) is 0 Å². The molecule has 2 saturated heterocycles. The number of ether oxygens (including phenoxy) is 1. The minimum absolute atomic E-state index is 0.172. The molecule has 0 atom stereocenters. The van der Waals surface area contributed by atoms with Gasteiger partial charge < -0.3 is 20.3 Å². The van der Waals surface area contributed by atoms with Gasteiger partial charge in [0.25, 0.3) is 0 Å². The molecule has 0 amide bonds. The largest absolute Gasteiger partial charge is 0.381 e. The van der Waals surface area contributed by atoms with Gasteiger partial charge in [0.05, 0.1) is 0 Å². The maximum absolute atomic E-state index is 13.5. The molecule has 0 aliphatic carbocycles. The highest BCUT2D eigenvalue weighted by Crippen LogP contribution is 2.34. The molecule has 156 valence electrons. The first-order valence-electron chi connectivity index (χ1n) is 10.3. The Kier molecular flexibility index (Phi) is 7.85. The molecule has 1 aromatic carbocycles. The first-order chi connectivity index (χ1) is 13.6. The highest BCUT2D eigenvalue weighted by Gasteiger charge is 2.33. The molecule has 2 N–H and O–H groups in total. The van der Waals surface area contributed by atoms with Crippen LogP contribution in [0.25, 0.3) is 0 Å². The van der Waals surface area contributed by atoms with E-state index in [9.17, 15) is 4.39 Å². The van der Waals surface area contributed by atoms with Crippen LogP contribution < -0.4 is 15.5 Å². The van der Waals surface area contributed by atoms with Crippen molar-refractivity contribution in [1.29, 1.82) is 0 Å². The zero-order valence-corrected chi connectivity index (χ0v) is 17.9. The molecule has 5 nitrogen and oxygen atoms in total. The fourth-order valence-corrected chi connectivity index (χ4v) is 5.25. The Morgan fingerprint density at radius 2 is 2.07 bits per heavy atom. The first-order valence-corrected chi connectivity index (χ1v) is 11.3. The van der Waals surface area contributed by atoms with Crippen molar-refractivity contribution >= 4 is 23.4 Å². The smallest absolute Gasteiger partial charge is 0.191 e. The predicted octanol–water partition coefficient (Wildman–Crippen LogP) is 3.26. The highest BCUT2D eigenvalue weighted by atomic mass is 32.2. The molecule has 1 aromatic rings. The monoisotopic (exact) mass is 408 g/mol. The first kappa shape index (κ1) is 21.2. The molecule has 7 heteroatoms. The van der Waals surface area contributed by atoms with Crippen molar-refractivity contribution in [2.45, 2.75) is 43.4 Å². The number of thioether (sulfide) groups is 1. The Morgan fingerprint density at radius 3 is 2.71 bits per heavy atom. The zero-order chi connectivity index (χ0) is 19.8. The van der Waals surface area contributed by atoms with Crippen LogP contribution in [-0.2, 0) is 4.74 Å². The molecule has 0 bridgehead atoms. The molecule has 2 aliphatic heterocycles. The highest BCUT2D eigenvalue weighted by molar-refractivity contribution is 8.00. The number of rotatable bonds is 6. The van der Waals surface area contributed by atoms with Crippen LogP contribution >= 0.6 is 11.8 Å². The van der Waals surface area contributed by atoms with E-state index in [-0.39, 0.29) is 10.6 Å². The number of nitrogens with one attached hydrogen (secondary N) is 2. The minimum Gasteiger partial charge on any atom is -0.381 e. The third-order valence-corrected chi connectivity index (χ3v) is 7.12. The van der Waals surface area contributed by atoms with Crippen molar-refractivity contribution in [3.8, 4) is 0 Å². The van der Waals surface area contributed by atoms with Crippen molar-refractivity contribution in [1.82, 2.24) is 10.6 Å². The Balaban J connectivity index is 1.47. The van der Waals surface area contributed by atoms with Crippen LogP contribution in [0, 0.1) is 5.82 Å². The summed E-state index contributed by atoms with van der Waals surface area (Å²) in [7, 11) is 1.83. The minimum atomic E-state index is -0.172. The third kappa shape index (κ3) is 5.77. The number of nitrogens with zero attached hydrogens (tertiary/aromatic N) is 2. The zero-order valence-electron chi connectivity index (χ0n) is 17.0. The summed E-state index contributed by atoms with van der Waals surface area (Å²) in [5, 5.41) is 7.15. The van der Waals surface area contributed by atoms with Gasteiger partial charge in [-0.2, -0.15) is 11.8 Å². The van der Waals surface area contributed by atoms with E-state index in [0.29, 0.717) is 6.04 Å². The Morgan fingerprint density at radius 1 is 1.32 bits per heavy atom. The molecule has 28 heavy (non-hydrogen) atoms. The van der Waals surface area contributed by atoms with E-state index in [4.69, 9.17) is 4.74 Å². The van der Waals surface area contributed by atoms with E-state index < -0.39 is 0 Å². The van der Waals surface area contributed by atoms with Crippen molar-refractivity contribution in [2.24, 2.45) is 4.99 Å². The second-order valence-corrected chi connectivity index (χ2v) is 9.27. The van der Waals surface area contributed by atoms with Gasteiger partial charge in [-0.1, -0.05) is 13.0 Å². The van der Waals surface area contributed by atoms with E-state index in [2.05, 4.69) is 27.4 Å². The van der Waals surface area contributed by atoms with Crippen LogP contribution in [0.4, 0.5) is 10.1 Å². The van der Waals surface area contributed by atoms with Gasteiger partial charge in [0.2, 0.25) is 0 Å². The van der Waals surface area contributed by atoms with Crippen LogP contribution in [0.15, 0.2) is 29.3 Å². The Bertz CT molecular complexity index is 638. The SMILES string of the molecule is CCSC1(CNC(=NC)NC2CCN(c3cccc(F)c3)CC2)CCOCC1. The van der Waals surface area contributed by atoms with Gasteiger partial charge >= 0.3 is 0 Å². The van der Waals surface area contributed by atoms with Gasteiger partial charge in [0.15, 0.2) is 5.96 Å². The molecule has 0 saturated carbocycles. The van der Waals surface area contributed by atoms with Gasteiger partial charge in [-0.15, -0.1) is 0 Å². The lowest BCUT2D eigenvalue weighted by atomic mass is 9.99. The summed E-state index contributed by atoms with van der Waals surface area (Å²) in [4.78, 5) is 6.69. The lowest BCUT2D eigenvalue weighted by Crippen LogP contribution is -2.52. The Labute approximate surface area is 172 Å². The second kappa shape index (κ2) is 10.3. The van der Waals surface area contributed by atoms with Crippen LogP contribution in [0.1, 0.15) is 32.6 Å². The quantitative estimate of drug-likeness (QED) is 0.559. The summed E-state index contributed by atoms with van der Waals surface area (Å²) < 4.78 is 19.3. The number of aliphatic imine (C=N–C) groups is 1. The standard InChI is InChI=1S/C21H33FN4OS/c1-3-28-21(9-13-27-14-10-21)16-24-20(23-2)25-18-7-11-26(12-8-18)19-6-4-5-17(22)15-19/h4-6,15,18H,3,7-14,16H2,1-2H3,(H2,23,24,25). The summed E-state index contributed by atoms with van der Waals surface area (Å²) in [6.45, 7) is 6.67. The summed E-state index contributed by atoms with van der Waals surface area (Å²) in [5.41, 5.74) is 0.971. The average molecular weight is 409 g/mol. The van der Waals surface area contributed by atoms with E-state index >= 15 is 0 Å². The van der Waals surface area contributed by atoms with Crippen molar-refractivity contribution in [2.75, 3.05) is 50.5 Å². The fourth-order valence-electron chi connectivity index (χ4n) is 4.01. The molecule has 0 spiro atoms. The summed E-state index contributed by atoms with van der Waals surface area (Å²) in [5.74, 6) is 1.83. The summed E-state index contributed by atoms with van der Waals surface area (Å²) in [6.07, 6.45) is 4.20. The number of anilines is 1. The van der Waals surface area contributed by atoms with E-state index in [0.717, 1.165) is 75.9 Å². The van der Waals surface area contributed by atoms with Gasteiger partial charge in [-0.05, 0) is 49.6 Å². The van der Waals surface area contributed by atoms with Crippen LogP contribution in [0.3, 0.4) is 0 Å². The predicted molar refractivity (Wildman–Crippen MR) is 117 cm³/mol.